The van der Waals surface area contributed by atoms with Crippen molar-refractivity contribution in [2.75, 3.05) is 0 Å². The average molecular weight is 296 g/mol. The van der Waals surface area contributed by atoms with Crippen molar-refractivity contribution in [1.82, 2.24) is 4.98 Å². The van der Waals surface area contributed by atoms with Gasteiger partial charge in [-0.1, -0.05) is 26.7 Å². The van der Waals surface area contributed by atoms with Crippen molar-refractivity contribution in [3.63, 3.8) is 0 Å². The average Bonchev–Trinajstić information content (AvgIpc) is 2.48. The Balaban J connectivity index is 2.12. The van der Waals surface area contributed by atoms with Crippen LogP contribution in [0.4, 0.5) is 0 Å². The zero-order chi connectivity index (χ0) is 14.4. The number of pyridine rings is 1. The molecule has 1 aliphatic rings. The Morgan fingerprint density at radius 3 is 2.75 bits per heavy atom. The Morgan fingerprint density at radius 1 is 1.25 bits per heavy atom. The number of aromatic nitrogens is 1. The van der Waals surface area contributed by atoms with E-state index in [2.05, 4.69) is 24.9 Å². The highest BCUT2D eigenvalue weighted by Crippen LogP contribution is 2.30. The Hall–Kier alpha value is -0.760. The van der Waals surface area contributed by atoms with E-state index >= 15 is 0 Å². The highest BCUT2D eigenvalue weighted by Gasteiger charge is 2.25. The van der Waals surface area contributed by atoms with E-state index in [0.29, 0.717) is 17.9 Å². The maximum atomic E-state index is 6.22. The van der Waals surface area contributed by atoms with Crippen LogP contribution in [0, 0.1) is 5.92 Å². The van der Waals surface area contributed by atoms with Gasteiger partial charge in [0.15, 0.2) is 0 Å². The zero-order valence-electron chi connectivity index (χ0n) is 12.7. The van der Waals surface area contributed by atoms with Crippen LogP contribution < -0.4 is 4.74 Å². The quantitative estimate of drug-likeness (QED) is 0.680. The van der Waals surface area contributed by atoms with Crippen molar-refractivity contribution in [2.24, 2.45) is 5.92 Å². The summed E-state index contributed by atoms with van der Waals surface area (Å²) in [5.41, 5.74) is 2.22. The smallest absolute Gasteiger partial charge is 0.214 e. The molecular formula is C17H26ClNO. The van der Waals surface area contributed by atoms with E-state index in [0.717, 1.165) is 36.4 Å². The van der Waals surface area contributed by atoms with Gasteiger partial charge in [-0.15, -0.1) is 11.6 Å². The monoisotopic (exact) mass is 295 g/mol. The van der Waals surface area contributed by atoms with Crippen molar-refractivity contribution < 1.29 is 4.74 Å². The molecule has 0 radical (unpaired) electrons. The molecule has 0 aliphatic heterocycles. The summed E-state index contributed by atoms with van der Waals surface area (Å²) < 4.78 is 6.22. The van der Waals surface area contributed by atoms with Crippen molar-refractivity contribution in [2.45, 2.75) is 70.8 Å². The number of nitrogens with zero attached hydrogens (tertiary/aromatic N) is 1. The number of alkyl halides is 1. The first-order valence-corrected chi connectivity index (χ1v) is 8.52. The van der Waals surface area contributed by atoms with Gasteiger partial charge in [0.1, 0.15) is 6.10 Å². The Bertz CT molecular complexity index is 421. The van der Waals surface area contributed by atoms with E-state index in [4.69, 9.17) is 16.3 Å². The predicted molar refractivity (Wildman–Crippen MR) is 84.5 cm³/mol. The van der Waals surface area contributed by atoms with E-state index in [1.54, 1.807) is 0 Å². The molecule has 2 atom stereocenters. The SMILES string of the molecule is CCCc1cc(CCl)cc(OC2CCCCC2CC)n1. The number of halogens is 1. The first-order chi connectivity index (χ1) is 9.76. The van der Waals surface area contributed by atoms with Gasteiger partial charge in [-0.05, 0) is 49.7 Å². The fourth-order valence-electron chi connectivity index (χ4n) is 3.09. The summed E-state index contributed by atoms with van der Waals surface area (Å²) in [7, 11) is 0. The lowest BCUT2D eigenvalue weighted by Gasteiger charge is -2.31. The van der Waals surface area contributed by atoms with Gasteiger partial charge in [-0.25, -0.2) is 4.98 Å². The first kappa shape index (κ1) is 15.6. The van der Waals surface area contributed by atoms with Gasteiger partial charge in [0.2, 0.25) is 5.88 Å². The molecule has 1 saturated carbocycles. The largest absolute Gasteiger partial charge is 0.474 e. The minimum atomic E-state index is 0.335. The maximum absolute atomic E-state index is 6.22. The molecule has 112 valence electrons. The number of rotatable bonds is 6. The van der Waals surface area contributed by atoms with Crippen LogP contribution in [0.25, 0.3) is 0 Å². The number of hydrogen-bond donors (Lipinski definition) is 0. The summed E-state index contributed by atoms with van der Waals surface area (Å²) in [5.74, 6) is 1.98. The van der Waals surface area contributed by atoms with Crippen molar-refractivity contribution >= 4 is 11.6 Å². The minimum absolute atomic E-state index is 0.335. The second-order valence-corrected chi connectivity index (χ2v) is 6.06. The van der Waals surface area contributed by atoms with Crippen LogP contribution in [0.5, 0.6) is 5.88 Å². The van der Waals surface area contributed by atoms with Crippen molar-refractivity contribution in [3.8, 4) is 5.88 Å². The molecule has 0 aromatic carbocycles. The number of hydrogen-bond acceptors (Lipinski definition) is 2. The van der Waals surface area contributed by atoms with E-state index in [1.807, 2.05) is 6.07 Å². The second kappa shape index (κ2) is 7.87. The second-order valence-electron chi connectivity index (χ2n) is 5.80. The van der Waals surface area contributed by atoms with Crippen molar-refractivity contribution in [1.29, 1.82) is 0 Å². The fraction of sp³-hybridized carbons (Fsp3) is 0.706. The molecule has 1 heterocycles. The third kappa shape index (κ3) is 4.12. The molecule has 20 heavy (non-hydrogen) atoms. The van der Waals surface area contributed by atoms with E-state index < -0.39 is 0 Å². The molecule has 0 amide bonds. The molecule has 0 bridgehead atoms. The molecule has 1 aliphatic carbocycles. The number of ether oxygens (including phenoxy) is 1. The van der Waals surface area contributed by atoms with Crippen LogP contribution in [0.2, 0.25) is 0 Å². The Kier molecular flexibility index (Phi) is 6.15. The van der Waals surface area contributed by atoms with Crippen molar-refractivity contribution in [3.05, 3.63) is 23.4 Å². The lowest BCUT2D eigenvalue weighted by molar-refractivity contribution is 0.0856. The minimum Gasteiger partial charge on any atom is -0.474 e. The number of aryl methyl sites for hydroxylation is 1. The van der Waals surface area contributed by atoms with Gasteiger partial charge in [-0.2, -0.15) is 0 Å². The van der Waals surface area contributed by atoms with E-state index in [1.165, 1.54) is 25.7 Å². The summed E-state index contributed by atoms with van der Waals surface area (Å²) in [6.45, 7) is 4.43. The standard InChI is InChI=1S/C17H26ClNO/c1-3-7-15-10-13(12-18)11-17(19-15)20-16-9-6-5-8-14(16)4-2/h10-11,14,16H,3-9,12H2,1-2H3. The van der Waals surface area contributed by atoms with E-state index in [9.17, 15) is 0 Å². The first-order valence-electron chi connectivity index (χ1n) is 7.99. The fourth-order valence-corrected chi connectivity index (χ4v) is 3.25. The lowest BCUT2D eigenvalue weighted by atomic mass is 9.85. The third-order valence-corrected chi connectivity index (χ3v) is 4.52. The molecule has 0 N–H and O–H groups in total. The molecule has 2 rings (SSSR count). The lowest BCUT2D eigenvalue weighted by Crippen LogP contribution is -2.30. The molecule has 0 spiro atoms. The molecule has 1 aromatic heterocycles. The van der Waals surface area contributed by atoms with E-state index in [-0.39, 0.29) is 0 Å². The summed E-state index contributed by atoms with van der Waals surface area (Å²) in [4.78, 5) is 4.65. The summed E-state index contributed by atoms with van der Waals surface area (Å²) in [6, 6.07) is 4.11. The van der Waals surface area contributed by atoms with Gasteiger partial charge in [-0.3, -0.25) is 0 Å². The van der Waals surface area contributed by atoms with Crippen LogP contribution in [-0.2, 0) is 12.3 Å². The van der Waals surface area contributed by atoms with Gasteiger partial charge in [0, 0.05) is 17.6 Å². The van der Waals surface area contributed by atoms with Crippen LogP contribution in [0.1, 0.15) is 63.6 Å². The molecule has 0 saturated heterocycles. The molecule has 1 aromatic rings. The topological polar surface area (TPSA) is 22.1 Å². The highest BCUT2D eigenvalue weighted by atomic mass is 35.5. The summed E-state index contributed by atoms with van der Waals surface area (Å²) in [5, 5.41) is 0. The molecule has 3 heteroatoms. The predicted octanol–water partition coefficient (Wildman–Crippen LogP) is 5.12. The molecule has 2 nitrogen and oxygen atoms in total. The van der Waals surface area contributed by atoms with Crippen LogP contribution in [0.15, 0.2) is 12.1 Å². The van der Waals surface area contributed by atoms with Gasteiger partial charge < -0.3 is 4.74 Å². The normalized spacial score (nSPS) is 22.8. The Morgan fingerprint density at radius 2 is 2.05 bits per heavy atom. The Labute approximate surface area is 127 Å². The maximum Gasteiger partial charge on any atom is 0.214 e. The van der Waals surface area contributed by atoms with Gasteiger partial charge >= 0.3 is 0 Å². The summed E-state index contributed by atoms with van der Waals surface area (Å²) in [6.07, 6.45) is 8.68. The summed E-state index contributed by atoms with van der Waals surface area (Å²) >= 11 is 5.99. The molecule has 1 fully saturated rings. The molecule has 2 unspecified atom stereocenters. The molecular weight excluding hydrogens is 270 g/mol. The zero-order valence-corrected chi connectivity index (χ0v) is 13.5. The van der Waals surface area contributed by atoms with Crippen LogP contribution >= 0.6 is 11.6 Å². The van der Waals surface area contributed by atoms with Gasteiger partial charge in [0.25, 0.3) is 0 Å². The van der Waals surface area contributed by atoms with Crippen LogP contribution in [-0.4, -0.2) is 11.1 Å². The highest BCUT2D eigenvalue weighted by molar-refractivity contribution is 6.17. The van der Waals surface area contributed by atoms with Crippen LogP contribution in [0.3, 0.4) is 0 Å². The third-order valence-electron chi connectivity index (χ3n) is 4.21. The van der Waals surface area contributed by atoms with Gasteiger partial charge in [0.05, 0.1) is 0 Å².